The Balaban J connectivity index is 1.95. The summed E-state index contributed by atoms with van der Waals surface area (Å²) in [6, 6.07) is 5.53. The summed E-state index contributed by atoms with van der Waals surface area (Å²) in [6.45, 7) is 2.40. The molecule has 1 atom stereocenters. The van der Waals surface area contributed by atoms with Gasteiger partial charge in [-0.15, -0.1) is 11.3 Å². The second kappa shape index (κ2) is 6.00. The number of thiazole rings is 1. The third-order valence-electron chi connectivity index (χ3n) is 3.47. The summed E-state index contributed by atoms with van der Waals surface area (Å²) in [4.78, 5) is 19.1. The Morgan fingerprint density at radius 2 is 2.09 bits per heavy atom. The van der Waals surface area contributed by atoms with Crippen LogP contribution in [0.5, 0.6) is 0 Å². The molecule has 0 radical (unpaired) electrons. The van der Waals surface area contributed by atoms with Gasteiger partial charge in [-0.2, -0.15) is 4.99 Å². The molecule has 2 heterocycles. The Hall–Kier alpha value is -2.02. The number of rotatable bonds is 1. The van der Waals surface area contributed by atoms with Crippen molar-refractivity contribution in [2.24, 2.45) is 4.99 Å². The first-order chi connectivity index (χ1) is 10.5. The predicted molar refractivity (Wildman–Crippen MR) is 80.4 cm³/mol. The maximum Gasteiger partial charge on any atom is 0.346 e. The van der Waals surface area contributed by atoms with E-state index in [1.165, 1.54) is 28.4 Å². The van der Waals surface area contributed by atoms with Crippen molar-refractivity contribution in [1.82, 2.24) is 9.47 Å². The van der Waals surface area contributed by atoms with E-state index in [9.17, 15) is 13.6 Å². The van der Waals surface area contributed by atoms with E-state index in [4.69, 9.17) is 0 Å². The van der Waals surface area contributed by atoms with Gasteiger partial charge in [0.05, 0.1) is 6.54 Å². The molecule has 0 saturated carbocycles. The molecule has 1 saturated heterocycles. The molecule has 1 aliphatic heterocycles. The molecule has 4 nitrogen and oxygen atoms in total. The van der Waals surface area contributed by atoms with Crippen LogP contribution in [0.2, 0.25) is 0 Å². The zero-order valence-corrected chi connectivity index (χ0v) is 12.8. The number of halogens is 2. The van der Waals surface area contributed by atoms with E-state index in [1.807, 2.05) is 13.1 Å². The molecule has 2 aromatic rings. The molecule has 1 aromatic carbocycles. The number of carbonyl (C=O) groups excluding carboxylic acids is 1. The van der Waals surface area contributed by atoms with Crippen molar-refractivity contribution in [1.29, 1.82) is 0 Å². The van der Waals surface area contributed by atoms with E-state index in [1.54, 1.807) is 16.7 Å². The van der Waals surface area contributed by atoms with Crippen molar-refractivity contribution >= 4 is 17.4 Å². The lowest BCUT2D eigenvalue weighted by Crippen LogP contribution is -2.28. The molecular weight excluding hydrogens is 308 g/mol. The highest BCUT2D eigenvalue weighted by molar-refractivity contribution is 7.09. The summed E-state index contributed by atoms with van der Waals surface area (Å²) < 4.78 is 28.0. The van der Waals surface area contributed by atoms with E-state index in [0.717, 1.165) is 10.6 Å². The van der Waals surface area contributed by atoms with Crippen LogP contribution in [0.1, 0.15) is 11.3 Å². The molecule has 3 rings (SSSR count). The van der Waals surface area contributed by atoms with Crippen molar-refractivity contribution < 1.29 is 13.6 Å². The summed E-state index contributed by atoms with van der Waals surface area (Å²) in [6.07, 6.45) is 1.24. The van der Waals surface area contributed by atoms with Crippen LogP contribution in [0.15, 0.2) is 35.5 Å². The van der Waals surface area contributed by atoms with Gasteiger partial charge in [0.2, 0.25) is 0 Å². The lowest BCUT2D eigenvalue weighted by Gasteiger charge is -2.10. The fraction of sp³-hybridized carbons (Fsp3) is 0.333. The van der Waals surface area contributed by atoms with Gasteiger partial charge in [0.15, 0.2) is 4.80 Å². The Kier molecular flexibility index (Phi) is 4.06. The maximum atomic E-state index is 13.2. The highest BCUT2D eigenvalue weighted by Crippen LogP contribution is 2.14. The summed E-state index contributed by atoms with van der Waals surface area (Å²) in [5.41, 5.74) is 0.724. The minimum absolute atomic E-state index is 0.100. The normalized spacial score (nSPS) is 19.0. The second-order valence-electron chi connectivity index (χ2n) is 5.20. The lowest BCUT2D eigenvalue weighted by atomic mass is 10.3. The molecule has 0 bridgehead atoms. The number of carbonyl (C=O) groups is 1. The number of hydrogen-bond donors (Lipinski definition) is 0. The number of nitrogens with zero attached hydrogens (tertiary/aromatic N) is 3. The van der Waals surface area contributed by atoms with Crippen LogP contribution in [-0.2, 0) is 0 Å². The van der Waals surface area contributed by atoms with Gasteiger partial charge in [0.1, 0.15) is 12.0 Å². The van der Waals surface area contributed by atoms with Gasteiger partial charge in [-0.05, 0) is 37.6 Å². The summed E-state index contributed by atoms with van der Waals surface area (Å²) in [7, 11) is 0. The number of alkyl halides is 1. The van der Waals surface area contributed by atoms with Crippen molar-refractivity contribution in [3.8, 4) is 5.69 Å². The molecule has 0 aliphatic carbocycles. The molecule has 2 amide bonds. The largest absolute Gasteiger partial charge is 0.346 e. The zero-order valence-electron chi connectivity index (χ0n) is 12.0. The number of hydrogen-bond acceptors (Lipinski definition) is 2. The van der Waals surface area contributed by atoms with Gasteiger partial charge < -0.3 is 4.90 Å². The highest BCUT2D eigenvalue weighted by atomic mass is 32.1. The molecule has 1 aromatic heterocycles. The summed E-state index contributed by atoms with van der Waals surface area (Å²) in [5, 5.41) is 0. The van der Waals surface area contributed by atoms with Crippen molar-refractivity contribution in [2.45, 2.75) is 19.5 Å². The van der Waals surface area contributed by atoms with E-state index in [2.05, 4.69) is 4.99 Å². The van der Waals surface area contributed by atoms with Gasteiger partial charge >= 0.3 is 6.03 Å². The molecule has 0 N–H and O–H groups in total. The molecule has 1 fully saturated rings. The third kappa shape index (κ3) is 3.09. The van der Waals surface area contributed by atoms with Crippen LogP contribution in [0, 0.1) is 12.7 Å². The van der Waals surface area contributed by atoms with E-state index < -0.39 is 12.2 Å². The van der Waals surface area contributed by atoms with Crippen molar-refractivity contribution in [3.63, 3.8) is 0 Å². The molecule has 0 spiro atoms. The smallest absolute Gasteiger partial charge is 0.320 e. The van der Waals surface area contributed by atoms with Crippen LogP contribution in [0.3, 0.4) is 0 Å². The first kappa shape index (κ1) is 14.9. The van der Waals surface area contributed by atoms with Crippen LogP contribution in [0.25, 0.3) is 5.69 Å². The molecule has 22 heavy (non-hydrogen) atoms. The molecule has 7 heteroatoms. The van der Waals surface area contributed by atoms with E-state index >= 15 is 0 Å². The molecule has 116 valence electrons. The number of urea groups is 1. The predicted octanol–water partition coefficient (Wildman–Crippen LogP) is 3.05. The first-order valence-electron chi connectivity index (χ1n) is 6.95. The summed E-state index contributed by atoms with van der Waals surface area (Å²) in [5.74, 6) is -0.322. The SMILES string of the molecule is Cc1cn(-c2ccc(F)cc2)/c(=N/C(=O)N2CC[C@@H](F)C2)s1. The van der Waals surface area contributed by atoms with E-state index in [0.29, 0.717) is 17.8 Å². The number of aryl methyl sites for hydroxylation is 1. The van der Waals surface area contributed by atoms with Crippen LogP contribution in [-0.4, -0.2) is 34.8 Å². The monoisotopic (exact) mass is 323 g/mol. The van der Waals surface area contributed by atoms with Gasteiger partial charge in [0.25, 0.3) is 0 Å². The lowest BCUT2D eigenvalue weighted by molar-refractivity contribution is 0.213. The van der Waals surface area contributed by atoms with Crippen molar-refractivity contribution in [3.05, 3.63) is 46.0 Å². The average molecular weight is 323 g/mol. The molecule has 1 aliphatic rings. The Morgan fingerprint density at radius 1 is 1.36 bits per heavy atom. The van der Waals surface area contributed by atoms with Gasteiger partial charge in [0, 0.05) is 23.3 Å². The maximum absolute atomic E-state index is 13.2. The minimum atomic E-state index is -0.964. The minimum Gasteiger partial charge on any atom is -0.320 e. The van der Waals surface area contributed by atoms with Crippen LogP contribution < -0.4 is 4.80 Å². The van der Waals surface area contributed by atoms with Crippen molar-refractivity contribution in [2.75, 3.05) is 13.1 Å². The fourth-order valence-corrected chi connectivity index (χ4v) is 3.19. The number of aromatic nitrogens is 1. The summed E-state index contributed by atoms with van der Waals surface area (Å²) >= 11 is 1.36. The van der Waals surface area contributed by atoms with Gasteiger partial charge in [-0.1, -0.05) is 0 Å². The highest BCUT2D eigenvalue weighted by Gasteiger charge is 2.25. The second-order valence-corrected chi connectivity index (χ2v) is 6.41. The molecular formula is C15H15F2N3OS. The Bertz CT molecular complexity index is 751. The Morgan fingerprint density at radius 3 is 2.73 bits per heavy atom. The third-order valence-corrected chi connectivity index (χ3v) is 4.36. The van der Waals surface area contributed by atoms with E-state index in [-0.39, 0.29) is 12.4 Å². The quantitative estimate of drug-likeness (QED) is 0.795. The first-order valence-corrected chi connectivity index (χ1v) is 7.77. The zero-order chi connectivity index (χ0) is 15.7. The number of likely N-dealkylation sites (tertiary alicyclic amines) is 1. The van der Waals surface area contributed by atoms with Gasteiger partial charge in [-0.3, -0.25) is 4.57 Å². The van der Waals surface area contributed by atoms with Crippen LogP contribution in [0.4, 0.5) is 13.6 Å². The topological polar surface area (TPSA) is 37.6 Å². The average Bonchev–Trinajstić information content (AvgIpc) is 3.06. The van der Waals surface area contributed by atoms with Gasteiger partial charge in [-0.25, -0.2) is 13.6 Å². The Labute approximate surface area is 130 Å². The fourth-order valence-electron chi connectivity index (χ4n) is 2.36. The standard InChI is InChI=1S/C15H15F2N3OS/c1-10-8-20(13-4-2-11(16)3-5-13)15(22-10)18-14(21)19-7-6-12(17)9-19/h2-5,8,12H,6-7,9H2,1H3/b18-15-/t12-/m1/s1. The number of amides is 2. The number of benzene rings is 1. The molecule has 0 unspecified atom stereocenters. The van der Waals surface area contributed by atoms with Crippen LogP contribution >= 0.6 is 11.3 Å².